The lowest BCUT2D eigenvalue weighted by atomic mass is 10.1. The summed E-state index contributed by atoms with van der Waals surface area (Å²) in [5, 5.41) is 3.41. The van der Waals surface area contributed by atoms with Gasteiger partial charge >= 0.3 is 0 Å². The average Bonchev–Trinajstić information content (AvgIpc) is 2.32. The highest BCUT2D eigenvalue weighted by Gasteiger charge is 2.11. The molecule has 2 rings (SSSR count). The highest BCUT2D eigenvalue weighted by atomic mass is 79.9. The molecule has 104 valence electrons. The average molecular weight is 354 g/mol. The minimum absolute atomic E-state index is 0.204. The van der Waals surface area contributed by atoms with E-state index >= 15 is 0 Å². The topological polar surface area (TPSA) is 55.1 Å². The first-order valence-electron chi connectivity index (χ1n) is 6.01. The van der Waals surface area contributed by atoms with Gasteiger partial charge in [0.2, 0.25) is 0 Å². The molecule has 1 amide bonds. The number of anilines is 2. The molecule has 0 heterocycles. The molecule has 3 N–H and O–H groups in total. The van der Waals surface area contributed by atoms with Crippen molar-refractivity contribution in [1.82, 2.24) is 0 Å². The number of nitrogens with two attached hydrogens (primary N) is 1. The summed E-state index contributed by atoms with van der Waals surface area (Å²) in [6.07, 6.45) is 0. The van der Waals surface area contributed by atoms with Crippen LogP contribution in [-0.4, -0.2) is 5.91 Å². The zero-order valence-corrected chi connectivity index (χ0v) is 13.5. The Morgan fingerprint density at radius 1 is 1.15 bits per heavy atom. The monoisotopic (exact) mass is 352 g/mol. The molecule has 0 spiro atoms. The summed E-state index contributed by atoms with van der Waals surface area (Å²) < 4.78 is 0.765. The van der Waals surface area contributed by atoms with Crippen molar-refractivity contribution in [2.45, 2.75) is 13.8 Å². The molecule has 5 heteroatoms. The van der Waals surface area contributed by atoms with E-state index < -0.39 is 0 Å². The second-order valence-electron chi connectivity index (χ2n) is 4.64. The Balaban J connectivity index is 2.32. The highest BCUT2D eigenvalue weighted by Crippen LogP contribution is 2.25. The molecule has 2 aromatic carbocycles. The van der Waals surface area contributed by atoms with E-state index in [0.717, 1.165) is 21.3 Å². The second-order valence-corrected chi connectivity index (χ2v) is 5.99. The number of hydrogen-bond acceptors (Lipinski definition) is 2. The van der Waals surface area contributed by atoms with Gasteiger partial charge in [0.1, 0.15) is 0 Å². The number of amides is 1. The summed E-state index contributed by atoms with van der Waals surface area (Å²) in [5.74, 6) is -0.204. The van der Waals surface area contributed by atoms with Crippen molar-refractivity contribution in [1.29, 1.82) is 0 Å². The number of nitrogen functional groups attached to an aromatic ring is 1. The molecule has 0 saturated carbocycles. The van der Waals surface area contributed by atoms with Gasteiger partial charge in [-0.15, -0.1) is 0 Å². The molecule has 2 aromatic rings. The Labute approximate surface area is 131 Å². The molecule has 3 nitrogen and oxygen atoms in total. The van der Waals surface area contributed by atoms with Crippen LogP contribution in [0.3, 0.4) is 0 Å². The van der Waals surface area contributed by atoms with Gasteiger partial charge in [-0.3, -0.25) is 4.79 Å². The van der Waals surface area contributed by atoms with Crippen LogP contribution < -0.4 is 11.1 Å². The normalized spacial score (nSPS) is 10.4. The van der Waals surface area contributed by atoms with Gasteiger partial charge in [-0.25, -0.2) is 0 Å². The summed E-state index contributed by atoms with van der Waals surface area (Å²) in [6.45, 7) is 3.82. The SMILES string of the molecule is Cc1cc(N)cc(C)c1NC(=O)c1cc(Cl)cc(Br)c1. The molecule has 0 bridgehead atoms. The Hall–Kier alpha value is -1.52. The van der Waals surface area contributed by atoms with Gasteiger partial charge in [0.15, 0.2) is 0 Å². The van der Waals surface area contributed by atoms with Gasteiger partial charge in [0, 0.05) is 26.4 Å². The molecule has 0 unspecified atom stereocenters. The minimum Gasteiger partial charge on any atom is -0.399 e. The van der Waals surface area contributed by atoms with E-state index in [-0.39, 0.29) is 5.91 Å². The van der Waals surface area contributed by atoms with Crippen LogP contribution in [0, 0.1) is 13.8 Å². The van der Waals surface area contributed by atoms with Crippen molar-refractivity contribution >= 4 is 44.8 Å². The quantitative estimate of drug-likeness (QED) is 0.778. The minimum atomic E-state index is -0.204. The highest BCUT2D eigenvalue weighted by molar-refractivity contribution is 9.10. The fourth-order valence-corrected chi connectivity index (χ4v) is 2.92. The van der Waals surface area contributed by atoms with E-state index in [1.807, 2.05) is 26.0 Å². The van der Waals surface area contributed by atoms with Crippen LogP contribution in [-0.2, 0) is 0 Å². The summed E-state index contributed by atoms with van der Waals surface area (Å²) >= 11 is 9.28. The van der Waals surface area contributed by atoms with E-state index in [9.17, 15) is 4.79 Å². The summed E-state index contributed by atoms with van der Waals surface area (Å²) in [5.41, 5.74) is 9.59. The fraction of sp³-hybridized carbons (Fsp3) is 0.133. The molecule has 0 atom stereocenters. The van der Waals surface area contributed by atoms with Crippen molar-refractivity contribution in [2.24, 2.45) is 0 Å². The van der Waals surface area contributed by atoms with Crippen molar-refractivity contribution < 1.29 is 4.79 Å². The van der Waals surface area contributed by atoms with Gasteiger partial charge in [0.05, 0.1) is 0 Å². The zero-order chi connectivity index (χ0) is 14.9. The molecular formula is C15H14BrClN2O. The first kappa shape index (κ1) is 14.9. The number of carbonyl (C=O) groups is 1. The number of halogens is 2. The van der Waals surface area contributed by atoms with Crippen molar-refractivity contribution in [2.75, 3.05) is 11.1 Å². The molecule has 0 fully saturated rings. The van der Waals surface area contributed by atoms with Crippen LogP contribution >= 0.6 is 27.5 Å². The van der Waals surface area contributed by atoms with Crippen LogP contribution in [0.4, 0.5) is 11.4 Å². The number of nitrogens with one attached hydrogen (secondary N) is 1. The predicted octanol–water partition coefficient (Wildman–Crippen LogP) is 4.55. The van der Waals surface area contributed by atoms with Crippen molar-refractivity contribution in [3.63, 3.8) is 0 Å². The summed E-state index contributed by atoms with van der Waals surface area (Å²) in [4.78, 5) is 12.3. The van der Waals surface area contributed by atoms with Gasteiger partial charge in [0.25, 0.3) is 5.91 Å². The summed E-state index contributed by atoms with van der Waals surface area (Å²) in [6, 6.07) is 8.75. The third-order valence-corrected chi connectivity index (χ3v) is 3.59. The van der Waals surface area contributed by atoms with Crippen LogP contribution in [0.25, 0.3) is 0 Å². The predicted molar refractivity (Wildman–Crippen MR) is 87.4 cm³/mol. The van der Waals surface area contributed by atoms with Gasteiger partial charge in [-0.05, 0) is 55.3 Å². The third-order valence-electron chi connectivity index (χ3n) is 2.92. The fourth-order valence-electron chi connectivity index (χ4n) is 2.06. The van der Waals surface area contributed by atoms with E-state index in [4.69, 9.17) is 17.3 Å². The van der Waals surface area contributed by atoms with Crippen LogP contribution in [0.15, 0.2) is 34.8 Å². The molecular weight excluding hydrogens is 340 g/mol. The Morgan fingerprint density at radius 3 is 2.30 bits per heavy atom. The molecule has 0 aliphatic rings. The van der Waals surface area contributed by atoms with Crippen molar-refractivity contribution in [3.8, 4) is 0 Å². The number of carbonyl (C=O) groups excluding carboxylic acids is 1. The molecule has 0 aliphatic carbocycles. The lowest BCUT2D eigenvalue weighted by molar-refractivity contribution is 0.102. The first-order chi connectivity index (χ1) is 9.36. The van der Waals surface area contributed by atoms with Crippen LogP contribution in [0.1, 0.15) is 21.5 Å². The number of aryl methyl sites for hydroxylation is 2. The van der Waals surface area contributed by atoms with Gasteiger partial charge < -0.3 is 11.1 Å². The van der Waals surface area contributed by atoms with E-state index in [1.165, 1.54) is 0 Å². The molecule has 0 radical (unpaired) electrons. The van der Waals surface area contributed by atoms with E-state index in [0.29, 0.717) is 16.3 Å². The zero-order valence-electron chi connectivity index (χ0n) is 11.1. The Morgan fingerprint density at radius 2 is 1.75 bits per heavy atom. The van der Waals surface area contributed by atoms with Crippen LogP contribution in [0.5, 0.6) is 0 Å². The van der Waals surface area contributed by atoms with Crippen LogP contribution in [0.2, 0.25) is 5.02 Å². The number of hydrogen-bond donors (Lipinski definition) is 2. The maximum Gasteiger partial charge on any atom is 0.255 e. The largest absolute Gasteiger partial charge is 0.399 e. The standard InChI is InChI=1S/C15H14BrClN2O/c1-8-3-13(18)4-9(2)14(8)19-15(20)10-5-11(16)7-12(17)6-10/h3-7H,18H2,1-2H3,(H,19,20). The third kappa shape index (κ3) is 3.32. The van der Waals surface area contributed by atoms with Gasteiger partial charge in [-0.2, -0.15) is 0 Å². The maximum absolute atomic E-state index is 12.3. The second kappa shape index (κ2) is 5.85. The maximum atomic E-state index is 12.3. The number of rotatable bonds is 2. The van der Waals surface area contributed by atoms with E-state index in [2.05, 4.69) is 21.2 Å². The van der Waals surface area contributed by atoms with Crippen molar-refractivity contribution in [3.05, 3.63) is 56.5 Å². The lowest BCUT2D eigenvalue weighted by Crippen LogP contribution is -2.14. The Bertz CT molecular complexity index is 642. The van der Waals surface area contributed by atoms with E-state index in [1.54, 1.807) is 18.2 Å². The molecule has 20 heavy (non-hydrogen) atoms. The Kier molecular flexibility index (Phi) is 4.35. The molecule has 0 aliphatic heterocycles. The first-order valence-corrected chi connectivity index (χ1v) is 7.18. The molecule has 0 saturated heterocycles. The molecule has 0 aromatic heterocycles. The smallest absolute Gasteiger partial charge is 0.255 e. The van der Waals surface area contributed by atoms with Gasteiger partial charge in [-0.1, -0.05) is 27.5 Å². The lowest BCUT2D eigenvalue weighted by Gasteiger charge is -2.13. The summed E-state index contributed by atoms with van der Waals surface area (Å²) in [7, 11) is 0. The number of benzene rings is 2.